The van der Waals surface area contributed by atoms with Gasteiger partial charge in [-0.15, -0.1) is 0 Å². The van der Waals surface area contributed by atoms with E-state index in [2.05, 4.69) is 19.9 Å². The summed E-state index contributed by atoms with van der Waals surface area (Å²) in [4.78, 5) is 14.0. The number of anilines is 1. The summed E-state index contributed by atoms with van der Waals surface area (Å²) in [7, 11) is 0. The van der Waals surface area contributed by atoms with Crippen LogP contribution >= 0.6 is 0 Å². The van der Waals surface area contributed by atoms with E-state index < -0.39 is 0 Å². The second-order valence-electron chi connectivity index (χ2n) is 4.54. The van der Waals surface area contributed by atoms with Gasteiger partial charge in [0, 0.05) is 17.6 Å². The minimum Gasteiger partial charge on any atom is -0.309 e. The molecule has 1 unspecified atom stereocenters. The van der Waals surface area contributed by atoms with E-state index in [1.807, 2.05) is 30.0 Å². The SMILES string of the molecule is CC1Cc2ccccc2N(C(C)C)C1=O. The van der Waals surface area contributed by atoms with Crippen LogP contribution in [-0.2, 0) is 11.2 Å². The Morgan fingerprint density at radius 3 is 2.67 bits per heavy atom. The van der Waals surface area contributed by atoms with Crippen LogP contribution in [0.2, 0.25) is 0 Å². The second-order valence-corrected chi connectivity index (χ2v) is 4.54. The number of rotatable bonds is 1. The molecule has 2 heteroatoms. The van der Waals surface area contributed by atoms with Crippen LogP contribution in [0.4, 0.5) is 5.69 Å². The first kappa shape index (κ1) is 10.2. The molecular formula is C13H17NO. The van der Waals surface area contributed by atoms with E-state index in [9.17, 15) is 4.79 Å². The van der Waals surface area contributed by atoms with E-state index in [0.29, 0.717) is 0 Å². The van der Waals surface area contributed by atoms with Crippen molar-refractivity contribution in [1.82, 2.24) is 0 Å². The van der Waals surface area contributed by atoms with Gasteiger partial charge in [0.25, 0.3) is 0 Å². The van der Waals surface area contributed by atoms with Gasteiger partial charge in [-0.1, -0.05) is 25.1 Å². The zero-order valence-electron chi connectivity index (χ0n) is 9.53. The van der Waals surface area contributed by atoms with E-state index in [4.69, 9.17) is 0 Å². The van der Waals surface area contributed by atoms with Gasteiger partial charge in [0.2, 0.25) is 5.91 Å². The largest absolute Gasteiger partial charge is 0.309 e. The molecule has 0 aliphatic carbocycles. The molecule has 1 heterocycles. The molecule has 1 aromatic rings. The minimum absolute atomic E-state index is 0.113. The van der Waals surface area contributed by atoms with Crippen molar-refractivity contribution in [2.75, 3.05) is 4.90 Å². The summed E-state index contributed by atoms with van der Waals surface area (Å²) < 4.78 is 0. The summed E-state index contributed by atoms with van der Waals surface area (Å²) in [5, 5.41) is 0. The fraction of sp³-hybridized carbons (Fsp3) is 0.462. The zero-order chi connectivity index (χ0) is 11.0. The predicted octanol–water partition coefficient (Wildman–Crippen LogP) is 2.62. The molecule has 1 atom stereocenters. The quantitative estimate of drug-likeness (QED) is 0.687. The number of carbonyl (C=O) groups excluding carboxylic acids is 1. The maximum Gasteiger partial charge on any atom is 0.230 e. The molecule has 0 saturated heterocycles. The van der Waals surface area contributed by atoms with Crippen molar-refractivity contribution in [3.05, 3.63) is 29.8 Å². The Morgan fingerprint density at radius 2 is 2.00 bits per heavy atom. The van der Waals surface area contributed by atoms with Crippen LogP contribution in [0.15, 0.2) is 24.3 Å². The molecule has 15 heavy (non-hydrogen) atoms. The van der Waals surface area contributed by atoms with Gasteiger partial charge < -0.3 is 4.90 Å². The third-order valence-corrected chi connectivity index (χ3v) is 2.95. The summed E-state index contributed by atoms with van der Waals surface area (Å²) in [6.07, 6.45) is 0.873. The maximum atomic E-state index is 12.1. The molecule has 2 rings (SSSR count). The van der Waals surface area contributed by atoms with E-state index in [1.54, 1.807) is 0 Å². The molecule has 0 aromatic heterocycles. The monoisotopic (exact) mass is 203 g/mol. The van der Waals surface area contributed by atoms with Crippen molar-refractivity contribution in [3.63, 3.8) is 0 Å². The predicted molar refractivity (Wildman–Crippen MR) is 61.9 cm³/mol. The number of nitrogens with zero attached hydrogens (tertiary/aromatic N) is 1. The van der Waals surface area contributed by atoms with Gasteiger partial charge in [-0.2, -0.15) is 0 Å². The highest BCUT2D eigenvalue weighted by atomic mass is 16.2. The number of hydrogen-bond acceptors (Lipinski definition) is 1. The van der Waals surface area contributed by atoms with E-state index in [-0.39, 0.29) is 17.9 Å². The average molecular weight is 203 g/mol. The number of para-hydroxylation sites is 1. The van der Waals surface area contributed by atoms with Crippen LogP contribution in [0.25, 0.3) is 0 Å². The van der Waals surface area contributed by atoms with Crippen LogP contribution in [-0.4, -0.2) is 11.9 Å². The Kier molecular flexibility index (Phi) is 2.51. The van der Waals surface area contributed by atoms with Gasteiger partial charge in [0.05, 0.1) is 0 Å². The van der Waals surface area contributed by atoms with Crippen LogP contribution < -0.4 is 4.90 Å². The summed E-state index contributed by atoms with van der Waals surface area (Å²) in [6, 6.07) is 8.44. The maximum absolute atomic E-state index is 12.1. The summed E-state index contributed by atoms with van der Waals surface area (Å²) >= 11 is 0. The molecule has 1 aliphatic heterocycles. The molecule has 1 aliphatic rings. The zero-order valence-corrected chi connectivity index (χ0v) is 9.53. The molecule has 1 amide bonds. The van der Waals surface area contributed by atoms with Gasteiger partial charge in [-0.3, -0.25) is 4.79 Å². The third-order valence-electron chi connectivity index (χ3n) is 2.95. The Labute approximate surface area is 90.9 Å². The van der Waals surface area contributed by atoms with Crippen LogP contribution in [0.5, 0.6) is 0 Å². The number of amides is 1. The number of hydrogen-bond donors (Lipinski definition) is 0. The average Bonchev–Trinajstić information content (AvgIpc) is 2.19. The summed E-state index contributed by atoms with van der Waals surface area (Å²) in [5.74, 6) is 0.367. The van der Waals surface area contributed by atoms with Crippen molar-refractivity contribution in [2.45, 2.75) is 33.2 Å². The first-order valence-electron chi connectivity index (χ1n) is 5.52. The van der Waals surface area contributed by atoms with Crippen LogP contribution in [0, 0.1) is 5.92 Å². The molecule has 0 bridgehead atoms. The van der Waals surface area contributed by atoms with Gasteiger partial charge in [0.1, 0.15) is 0 Å². The minimum atomic E-state index is 0.113. The van der Waals surface area contributed by atoms with Crippen molar-refractivity contribution in [1.29, 1.82) is 0 Å². The molecule has 0 fully saturated rings. The van der Waals surface area contributed by atoms with E-state index >= 15 is 0 Å². The molecular weight excluding hydrogens is 186 g/mol. The fourth-order valence-corrected chi connectivity index (χ4v) is 2.22. The summed E-state index contributed by atoms with van der Waals surface area (Å²) in [6.45, 7) is 6.13. The lowest BCUT2D eigenvalue weighted by molar-refractivity contribution is -0.122. The lowest BCUT2D eigenvalue weighted by Gasteiger charge is -2.35. The first-order valence-corrected chi connectivity index (χ1v) is 5.52. The lowest BCUT2D eigenvalue weighted by atomic mass is 9.92. The van der Waals surface area contributed by atoms with E-state index in [1.165, 1.54) is 5.56 Å². The summed E-state index contributed by atoms with van der Waals surface area (Å²) in [5.41, 5.74) is 2.38. The molecule has 0 radical (unpaired) electrons. The molecule has 0 spiro atoms. The second kappa shape index (κ2) is 3.69. The van der Waals surface area contributed by atoms with E-state index in [0.717, 1.165) is 12.1 Å². The highest BCUT2D eigenvalue weighted by molar-refractivity contribution is 5.98. The first-order chi connectivity index (χ1) is 7.11. The normalized spacial score (nSPS) is 20.7. The Hall–Kier alpha value is -1.31. The number of benzene rings is 1. The van der Waals surface area contributed by atoms with Crippen molar-refractivity contribution >= 4 is 11.6 Å². The molecule has 0 saturated carbocycles. The highest BCUT2D eigenvalue weighted by Crippen LogP contribution is 2.31. The van der Waals surface area contributed by atoms with Crippen molar-refractivity contribution in [2.24, 2.45) is 5.92 Å². The number of fused-ring (bicyclic) bond motifs is 1. The highest BCUT2D eigenvalue weighted by Gasteiger charge is 2.30. The molecule has 0 N–H and O–H groups in total. The fourth-order valence-electron chi connectivity index (χ4n) is 2.22. The van der Waals surface area contributed by atoms with Crippen LogP contribution in [0.3, 0.4) is 0 Å². The van der Waals surface area contributed by atoms with Crippen molar-refractivity contribution in [3.8, 4) is 0 Å². The molecule has 80 valence electrons. The van der Waals surface area contributed by atoms with Crippen molar-refractivity contribution < 1.29 is 4.79 Å². The molecule has 1 aromatic carbocycles. The Morgan fingerprint density at radius 1 is 1.33 bits per heavy atom. The number of carbonyl (C=O) groups is 1. The topological polar surface area (TPSA) is 20.3 Å². The standard InChI is InChI=1S/C13H17NO/c1-9(2)14-12-7-5-4-6-11(12)8-10(3)13(14)15/h4-7,9-10H,8H2,1-3H3. The van der Waals surface area contributed by atoms with Gasteiger partial charge >= 0.3 is 0 Å². The van der Waals surface area contributed by atoms with Gasteiger partial charge in [-0.25, -0.2) is 0 Å². The molecule has 2 nitrogen and oxygen atoms in total. The van der Waals surface area contributed by atoms with Gasteiger partial charge in [-0.05, 0) is 31.9 Å². The van der Waals surface area contributed by atoms with Crippen LogP contribution in [0.1, 0.15) is 26.3 Å². The van der Waals surface area contributed by atoms with Gasteiger partial charge in [0.15, 0.2) is 0 Å². The Balaban J connectivity index is 2.49. The Bertz CT molecular complexity index is 384. The third kappa shape index (κ3) is 1.65. The smallest absolute Gasteiger partial charge is 0.230 e. The lowest BCUT2D eigenvalue weighted by Crippen LogP contribution is -2.44.